The first-order valence-electron chi connectivity index (χ1n) is 11.3. The molecule has 2 aliphatic rings. The number of carbonyl (C=O) groups is 1. The van der Waals surface area contributed by atoms with Gasteiger partial charge in [0.05, 0.1) is 0 Å². The molecule has 0 saturated carbocycles. The summed E-state index contributed by atoms with van der Waals surface area (Å²) in [6.07, 6.45) is -0.0583. The second kappa shape index (κ2) is 9.62. The van der Waals surface area contributed by atoms with Crippen LogP contribution in [-0.4, -0.2) is 43.5 Å². The summed E-state index contributed by atoms with van der Waals surface area (Å²) in [5, 5.41) is 7.99. The van der Waals surface area contributed by atoms with E-state index < -0.39 is 9.96 Å². The number of carbonyl (C=O) groups excluding carboxylic acids is 1. The van der Waals surface area contributed by atoms with E-state index in [-0.39, 0.29) is 23.3 Å². The number of alkyl halides is 3. The number of aromatic nitrogens is 1. The van der Waals surface area contributed by atoms with Gasteiger partial charge in [0.1, 0.15) is 6.17 Å². The van der Waals surface area contributed by atoms with Gasteiger partial charge < -0.3 is 20.1 Å². The number of benzene rings is 2. The molecule has 3 atom stereocenters. The minimum absolute atomic E-state index is 0.0266. The summed E-state index contributed by atoms with van der Waals surface area (Å²) in [6, 6.07) is 18.5. The van der Waals surface area contributed by atoms with Gasteiger partial charge in [0.25, 0.3) is 11.5 Å². The molecule has 6 nitrogen and oxygen atoms in total. The molecule has 0 aliphatic carbocycles. The van der Waals surface area contributed by atoms with E-state index in [1.807, 2.05) is 51.9 Å². The summed E-state index contributed by atoms with van der Waals surface area (Å²) in [6.45, 7) is 1.96. The maximum absolute atomic E-state index is 13.2. The number of rotatable bonds is 3. The van der Waals surface area contributed by atoms with Crippen LogP contribution in [0.15, 0.2) is 65.5 Å². The second-order valence-electron chi connectivity index (χ2n) is 9.03. The summed E-state index contributed by atoms with van der Waals surface area (Å²) in [7, 11) is 0. The van der Waals surface area contributed by atoms with Gasteiger partial charge in [0.2, 0.25) is 3.79 Å². The third kappa shape index (κ3) is 5.00. The normalized spacial score (nSPS) is 20.1. The van der Waals surface area contributed by atoms with Crippen LogP contribution in [0, 0.1) is 5.92 Å². The standard InChI is InChI=1S/C25H23Cl3N4O2S/c26-25(27,28)23(29-22(34)19-8-3-6-16-5-1-2-7-18(16)19)30-24(35)31-12-15-11-17(14-31)20-9-4-10-21(33)32(20)13-15/h1-10,15,17,23H,11-14H2,(H,29,34)(H,30,35)/t15-,17+,23?/m1/s1. The highest BCUT2D eigenvalue weighted by molar-refractivity contribution is 7.80. The zero-order valence-corrected chi connectivity index (χ0v) is 21.7. The Balaban J connectivity index is 1.33. The Morgan fingerprint density at radius 1 is 0.971 bits per heavy atom. The van der Waals surface area contributed by atoms with Crippen LogP contribution < -0.4 is 16.2 Å². The molecule has 0 spiro atoms. The smallest absolute Gasteiger partial charge is 0.253 e. The Hall–Kier alpha value is -2.32. The van der Waals surface area contributed by atoms with E-state index in [0.717, 1.165) is 22.9 Å². The fourth-order valence-electron chi connectivity index (χ4n) is 5.11. The summed E-state index contributed by atoms with van der Waals surface area (Å²) in [5.41, 5.74) is 1.52. The Labute approximate surface area is 223 Å². The van der Waals surface area contributed by atoms with E-state index in [1.54, 1.807) is 18.2 Å². The third-order valence-corrected chi connectivity index (χ3v) is 7.70. The highest BCUT2D eigenvalue weighted by atomic mass is 35.6. The highest BCUT2D eigenvalue weighted by Gasteiger charge is 2.39. The second-order valence-corrected chi connectivity index (χ2v) is 11.8. The monoisotopic (exact) mass is 548 g/mol. The van der Waals surface area contributed by atoms with Crippen molar-refractivity contribution >= 4 is 68.8 Å². The van der Waals surface area contributed by atoms with Gasteiger partial charge in [-0.3, -0.25) is 9.59 Å². The van der Waals surface area contributed by atoms with Gasteiger partial charge >= 0.3 is 0 Å². The molecule has 1 amide bonds. The molecule has 35 heavy (non-hydrogen) atoms. The van der Waals surface area contributed by atoms with Crippen LogP contribution in [0.1, 0.15) is 28.4 Å². The average molecular weight is 550 g/mol. The quantitative estimate of drug-likeness (QED) is 0.288. The Bertz CT molecular complexity index is 1350. The molecule has 2 N–H and O–H groups in total. The van der Waals surface area contributed by atoms with Crippen molar-refractivity contribution in [3.05, 3.63) is 82.3 Å². The fraction of sp³-hybridized carbons (Fsp3) is 0.320. The van der Waals surface area contributed by atoms with Gasteiger partial charge in [0.15, 0.2) is 5.11 Å². The number of pyridine rings is 1. The molecule has 2 aliphatic heterocycles. The topological polar surface area (TPSA) is 66.4 Å². The number of fused-ring (bicyclic) bond motifs is 5. The van der Waals surface area contributed by atoms with Gasteiger partial charge in [0, 0.05) is 42.9 Å². The molecule has 5 rings (SSSR count). The number of nitrogens with one attached hydrogen (secondary N) is 2. The van der Waals surface area contributed by atoms with E-state index in [4.69, 9.17) is 47.0 Å². The maximum Gasteiger partial charge on any atom is 0.253 e. The summed E-state index contributed by atoms with van der Waals surface area (Å²) in [5.74, 6) is 0.0717. The van der Waals surface area contributed by atoms with E-state index >= 15 is 0 Å². The van der Waals surface area contributed by atoms with Crippen LogP contribution >= 0.6 is 47.0 Å². The van der Waals surface area contributed by atoms with Crippen molar-refractivity contribution in [1.29, 1.82) is 0 Å². The molecular weight excluding hydrogens is 527 g/mol. The Morgan fingerprint density at radius 2 is 1.71 bits per heavy atom. The minimum atomic E-state index is -1.85. The molecule has 1 unspecified atom stereocenters. The third-order valence-electron chi connectivity index (χ3n) is 6.67. The molecule has 1 fully saturated rings. The van der Waals surface area contributed by atoms with Gasteiger partial charge in [-0.25, -0.2) is 0 Å². The lowest BCUT2D eigenvalue weighted by Crippen LogP contribution is -2.60. The minimum Gasteiger partial charge on any atom is -0.348 e. The zero-order chi connectivity index (χ0) is 24.7. The molecule has 0 radical (unpaired) electrons. The highest BCUT2D eigenvalue weighted by Crippen LogP contribution is 2.35. The molecule has 10 heteroatoms. The SMILES string of the molecule is O=C(NC(NC(=S)N1C[C@H]2C[C@@H](C1)c1cccc(=O)n1C2)C(Cl)(Cl)Cl)c1cccc2ccccc12. The Kier molecular flexibility index (Phi) is 6.70. The maximum atomic E-state index is 13.2. The van der Waals surface area contributed by atoms with Crippen molar-refractivity contribution in [2.45, 2.75) is 28.8 Å². The largest absolute Gasteiger partial charge is 0.348 e. The summed E-state index contributed by atoms with van der Waals surface area (Å²) in [4.78, 5) is 27.5. The van der Waals surface area contributed by atoms with Crippen LogP contribution in [0.5, 0.6) is 0 Å². The number of halogens is 3. The van der Waals surface area contributed by atoms with Crippen molar-refractivity contribution in [3.8, 4) is 0 Å². The lowest BCUT2D eigenvalue weighted by atomic mass is 9.83. The van der Waals surface area contributed by atoms with Crippen molar-refractivity contribution in [3.63, 3.8) is 0 Å². The van der Waals surface area contributed by atoms with Gasteiger partial charge in [-0.1, -0.05) is 77.3 Å². The molecule has 182 valence electrons. The zero-order valence-electron chi connectivity index (χ0n) is 18.6. The fourth-order valence-corrected chi connectivity index (χ4v) is 5.70. The molecule has 1 aromatic heterocycles. The molecular formula is C25H23Cl3N4O2S. The molecule has 2 aromatic carbocycles. The van der Waals surface area contributed by atoms with Crippen molar-refractivity contribution in [2.24, 2.45) is 5.92 Å². The number of amides is 1. The number of hydrogen-bond acceptors (Lipinski definition) is 3. The van der Waals surface area contributed by atoms with Crippen LogP contribution in [0.2, 0.25) is 0 Å². The van der Waals surface area contributed by atoms with Crippen LogP contribution in [-0.2, 0) is 6.54 Å². The molecule has 2 bridgehead atoms. The Morgan fingerprint density at radius 3 is 2.51 bits per heavy atom. The first-order valence-corrected chi connectivity index (χ1v) is 12.9. The van der Waals surface area contributed by atoms with E-state index in [2.05, 4.69) is 10.6 Å². The number of nitrogens with zero attached hydrogens (tertiary/aromatic N) is 2. The van der Waals surface area contributed by atoms with Crippen LogP contribution in [0.4, 0.5) is 0 Å². The van der Waals surface area contributed by atoms with Gasteiger partial charge in [-0.2, -0.15) is 0 Å². The first kappa shape index (κ1) is 24.4. The molecule has 3 aromatic rings. The summed E-state index contributed by atoms with van der Waals surface area (Å²) >= 11 is 24.4. The number of hydrogen-bond donors (Lipinski definition) is 2. The van der Waals surface area contributed by atoms with Gasteiger partial charge in [-0.05, 0) is 47.5 Å². The first-order chi connectivity index (χ1) is 16.7. The van der Waals surface area contributed by atoms with Crippen molar-refractivity contribution < 1.29 is 4.79 Å². The van der Waals surface area contributed by atoms with Gasteiger partial charge in [-0.15, -0.1) is 0 Å². The van der Waals surface area contributed by atoms with Crippen molar-refractivity contribution in [2.75, 3.05) is 13.1 Å². The molecule has 1 saturated heterocycles. The predicted molar refractivity (Wildman–Crippen MR) is 144 cm³/mol. The lowest BCUT2D eigenvalue weighted by molar-refractivity contribution is 0.0934. The number of piperidine rings is 1. The van der Waals surface area contributed by atoms with E-state index in [9.17, 15) is 9.59 Å². The predicted octanol–water partition coefficient (Wildman–Crippen LogP) is 4.42. The summed E-state index contributed by atoms with van der Waals surface area (Å²) < 4.78 is 0.0110. The van der Waals surface area contributed by atoms with Crippen LogP contribution in [0.25, 0.3) is 10.8 Å². The van der Waals surface area contributed by atoms with E-state index in [0.29, 0.717) is 30.3 Å². The number of thiocarbonyl (C=S) groups is 1. The molecule has 3 heterocycles. The number of likely N-dealkylation sites (tertiary alicyclic amines) is 1. The van der Waals surface area contributed by atoms with Crippen LogP contribution in [0.3, 0.4) is 0 Å². The van der Waals surface area contributed by atoms with Crippen molar-refractivity contribution in [1.82, 2.24) is 20.1 Å². The van der Waals surface area contributed by atoms with E-state index in [1.165, 1.54) is 0 Å². The average Bonchev–Trinajstić information content (AvgIpc) is 2.83. The lowest BCUT2D eigenvalue weighted by Gasteiger charge is -2.44.